The van der Waals surface area contributed by atoms with E-state index in [1.165, 1.54) is 5.56 Å². The van der Waals surface area contributed by atoms with E-state index in [0.29, 0.717) is 25.9 Å². The second-order valence-corrected chi connectivity index (χ2v) is 7.18. The summed E-state index contributed by atoms with van der Waals surface area (Å²) in [6.07, 6.45) is 5.93. The van der Waals surface area contributed by atoms with Gasteiger partial charge in [0.15, 0.2) is 0 Å². The van der Waals surface area contributed by atoms with Gasteiger partial charge in [0, 0.05) is 44.8 Å². The molecule has 0 N–H and O–H groups in total. The molecule has 1 aromatic carbocycles. The summed E-state index contributed by atoms with van der Waals surface area (Å²) in [5.74, 6) is 1.32. The fourth-order valence-corrected chi connectivity index (χ4v) is 3.39. The van der Waals surface area contributed by atoms with Gasteiger partial charge < -0.3 is 9.80 Å². The Bertz CT molecular complexity index is 521. The number of nitrogens with zero attached hydrogens (tertiary/aromatic N) is 2. The highest BCUT2D eigenvalue weighted by molar-refractivity contribution is 7.98. The molecule has 0 radical (unpaired) electrons. The number of amides is 2. The Hall–Kier alpha value is -1.49. The molecule has 2 amide bonds. The lowest BCUT2D eigenvalue weighted by Crippen LogP contribution is -2.37. The van der Waals surface area contributed by atoms with Crippen LogP contribution in [-0.4, -0.2) is 59.8 Å². The highest BCUT2D eigenvalue weighted by Gasteiger charge is 2.21. The molecular formula is C19H28N2O2S. The summed E-state index contributed by atoms with van der Waals surface area (Å²) >= 11 is 1.70. The van der Waals surface area contributed by atoms with Crippen molar-refractivity contribution in [1.29, 1.82) is 0 Å². The van der Waals surface area contributed by atoms with Crippen molar-refractivity contribution in [3.8, 4) is 0 Å². The summed E-state index contributed by atoms with van der Waals surface area (Å²) in [5, 5.41) is 0. The van der Waals surface area contributed by atoms with Gasteiger partial charge in [-0.05, 0) is 31.1 Å². The molecule has 1 saturated heterocycles. The molecule has 1 aliphatic rings. The van der Waals surface area contributed by atoms with Gasteiger partial charge in [0.1, 0.15) is 0 Å². The van der Waals surface area contributed by atoms with E-state index in [1.54, 1.807) is 11.8 Å². The van der Waals surface area contributed by atoms with E-state index in [-0.39, 0.29) is 11.8 Å². The van der Waals surface area contributed by atoms with E-state index < -0.39 is 0 Å². The van der Waals surface area contributed by atoms with Crippen LogP contribution in [-0.2, 0) is 16.0 Å². The van der Waals surface area contributed by atoms with Crippen LogP contribution in [0.3, 0.4) is 0 Å². The number of benzene rings is 1. The quantitative estimate of drug-likeness (QED) is 0.761. The van der Waals surface area contributed by atoms with Crippen LogP contribution in [0.25, 0.3) is 0 Å². The topological polar surface area (TPSA) is 40.6 Å². The highest BCUT2D eigenvalue weighted by atomic mass is 32.2. The van der Waals surface area contributed by atoms with Crippen molar-refractivity contribution in [2.75, 3.05) is 38.2 Å². The van der Waals surface area contributed by atoms with Crippen LogP contribution in [0.15, 0.2) is 30.3 Å². The molecule has 132 valence electrons. The number of rotatable bonds is 7. The number of aryl methyl sites for hydroxylation is 1. The molecule has 0 bridgehead atoms. The first-order valence-electron chi connectivity index (χ1n) is 8.79. The first kappa shape index (κ1) is 18.8. The fraction of sp³-hybridized carbons (Fsp3) is 0.579. The van der Waals surface area contributed by atoms with Gasteiger partial charge in [0.2, 0.25) is 11.8 Å². The molecule has 0 aliphatic carbocycles. The molecule has 1 heterocycles. The van der Waals surface area contributed by atoms with Crippen LogP contribution in [0.4, 0.5) is 0 Å². The molecule has 5 heteroatoms. The van der Waals surface area contributed by atoms with Gasteiger partial charge in [-0.25, -0.2) is 0 Å². The Labute approximate surface area is 149 Å². The number of carbonyl (C=O) groups excluding carboxylic acids is 2. The molecule has 0 unspecified atom stereocenters. The lowest BCUT2D eigenvalue weighted by Gasteiger charge is -2.22. The third kappa shape index (κ3) is 6.19. The van der Waals surface area contributed by atoms with Crippen LogP contribution in [0.2, 0.25) is 0 Å². The van der Waals surface area contributed by atoms with Crippen molar-refractivity contribution >= 4 is 23.6 Å². The van der Waals surface area contributed by atoms with Crippen molar-refractivity contribution in [2.45, 2.75) is 32.1 Å². The summed E-state index contributed by atoms with van der Waals surface area (Å²) in [6, 6.07) is 10.3. The number of carbonyl (C=O) groups is 2. The van der Waals surface area contributed by atoms with Gasteiger partial charge >= 0.3 is 0 Å². The minimum absolute atomic E-state index is 0.225. The zero-order valence-electron chi connectivity index (χ0n) is 14.6. The van der Waals surface area contributed by atoms with Crippen LogP contribution in [0.5, 0.6) is 0 Å². The zero-order chi connectivity index (χ0) is 17.2. The summed E-state index contributed by atoms with van der Waals surface area (Å²) in [4.78, 5) is 28.4. The lowest BCUT2D eigenvalue weighted by molar-refractivity contribution is -0.133. The maximum Gasteiger partial charge on any atom is 0.223 e. The van der Waals surface area contributed by atoms with Gasteiger partial charge in [0.25, 0.3) is 0 Å². The smallest absolute Gasteiger partial charge is 0.223 e. The minimum Gasteiger partial charge on any atom is -0.341 e. The maximum absolute atomic E-state index is 12.4. The van der Waals surface area contributed by atoms with E-state index in [1.807, 2.05) is 34.3 Å². The monoisotopic (exact) mass is 348 g/mol. The van der Waals surface area contributed by atoms with Crippen molar-refractivity contribution in [3.63, 3.8) is 0 Å². The van der Waals surface area contributed by atoms with E-state index in [0.717, 1.165) is 38.1 Å². The second-order valence-electron chi connectivity index (χ2n) is 6.20. The highest BCUT2D eigenvalue weighted by Crippen LogP contribution is 2.10. The average molecular weight is 349 g/mol. The predicted octanol–water partition coefficient (Wildman–Crippen LogP) is 2.82. The van der Waals surface area contributed by atoms with Gasteiger partial charge in [-0.1, -0.05) is 30.3 Å². The SMILES string of the molecule is CSCCC(=O)N1CCCN(C(=O)CCCc2ccccc2)CC1. The van der Waals surface area contributed by atoms with Crippen LogP contribution >= 0.6 is 11.8 Å². The molecule has 0 saturated carbocycles. The summed E-state index contributed by atoms with van der Waals surface area (Å²) < 4.78 is 0. The summed E-state index contributed by atoms with van der Waals surface area (Å²) in [5.41, 5.74) is 1.28. The molecule has 1 aromatic rings. The van der Waals surface area contributed by atoms with E-state index >= 15 is 0 Å². The lowest BCUT2D eigenvalue weighted by atomic mass is 10.1. The third-order valence-corrected chi connectivity index (χ3v) is 5.03. The van der Waals surface area contributed by atoms with Gasteiger partial charge in [-0.3, -0.25) is 9.59 Å². The van der Waals surface area contributed by atoms with Gasteiger partial charge in [-0.2, -0.15) is 11.8 Å². The fourth-order valence-electron chi connectivity index (χ4n) is 3.01. The Kier molecular flexibility index (Phi) is 8.16. The first-order chi connectivity index (χ1) is 11.7. The first-order valence-corrected chi connectivity index (χ1v) is 10.2. The predicted molar refractivity (Wildman–Crippen MR) is 100 cm³/mol. The zero-order valence-corrected chi connectivity index (χ0v) is 15.4. The van der Waals surface area contributed by atoms with Crippen molar-refractivity contribution < 1.29 is 9.59 Å². The van der Waals surface area contributed by atoms with E-state index in [4.69, 9.17) is 0 Å². The van der Waals surface area contributed by atoms with Crippen LogP contribution in [0, 0.1) is 0 Å². The minimum atomic E-state index is 0.225. The molecule has 1 aliphatic heterocycles. The van der Waals surface area contributed by atoms with Gasteiger partial charge in [0.05, 0.1) is 0 Å². The molecule has 24 heavy (non-hydrogen) atoms. The second kappa shape index (κ2) is 10.4. The van der Waals surface area contributed by atoms with E-state index in [2.05, 4.69) is 12.1 Å². The number of thioether (sulfide) groups is 1. The molecule has 0 atom stereocenters. The standard InChI is InChI=1S/C19H28N2O2S/c1-24-16-11-19(23)21-13-6-12-20(14-15-21)18(22)10-5-9-17-7-3-2-4-8-17/h2-4,7-8H,5-6,9-16H2,1H3. The third-order valence-electron chi connectivity index (χ3n) is 4.42. The largest absolute Gasteiger partial charge is 0.341 e. The summed E-state index contributed by atoms with van der Waals surface area (Å²) in [6.45, 7) is 2.91. The van der Waals surface area contributed by atoms with Crippen LogP contribution in [0.1, 0.15) is 31.2 Å². The summed E-state index contributed by atoms with van der Waals surface area (Å²) in [7, 11) is 0. The average Bonchev–Trinajstić information content (AvgIpc) is 2.87. The molecule has 0 spiro atoms. The Balaban J connectivity index is 1.72. The van der Waals surface area contributed by atoms with Crippen molar-refractivity contribution in [3.05, 3.63) is 35.9 Å². The Morgan fingerprint density at radius 2 is 1.58 bits per heavy atom. The molecule has 4 nitrogen and oxygen atoms in total. The number of hydrogen-bond acceptors (Lipinski definition) is 3. The Morgan fingerprint density at radius 1 is 0.958 bits per heavy atom. The molecule has 1 fully saturated rings. The number of hydrogen-bond donors (Lipinski definition) is 0. The van der Waals surface area contributed by atoms with Crippen molar-refractivity contribution in [2.24, 2.45) is 0 Å². The molecule has 0 aromatic heterocycles. The molecule has 2 rings (SSSR count). The Morgan fingerprint density at radius 3 is 2.21 bits per heavy atom. The van der Waals surface area contributed by atoms with Gasteiger partial charge in [-0.15, -0.1) is 0 Å². The van der Waals surface area contributed by atoms with Crippen LogP contribution < -0.4 is 0 Å². The van der Waals surface area contributed by atoms with Crippen molar-refractivity contribution in [1.82, 2.24) is 9.80 Å². The van der Waals surface area contributed by atoms with E-state index in [9.17, 15) is 9.59 Å². The molecular weight excluding hydrogens is 320 g/mol. The maximum atomic E-state index is 12.4. The normalized spacial score (nSPS) is 15.2.